The Labute approximate surface area is 219 Å². The third-order valence-electron chi connectivity index (χ3n) is 8.20. The van der Waals surface area contributed by atoms with Crippen LogP contribution in [0.1, 0.15) is 31.2 Å². The van der Waals surface area contributed by atoms with Gasteiger partial charge >= 0.3 is 0 Å². The summed E-state index contributed by atoms with van der Waals surface area (Å²) in [5.74, 6) is 1.57. The molecule has 37 heavy (non-hydrogen) atoms. The molecule has 3 saturated heterocycles. The minimum atomic E-state index is 0.591. The first-order valence-electron chi connectivity index (χ1n) is 13.5. The van der Waals surface area contributed by atoms with E-state index in [1.807, 2.05) is 12.3 Å². The summed E-state index contributed by atoms with van der Waals surface area (Å²) in [6, 6.07) is 14.7. The molecule has 1 N–H and O–H groups in total. The van der Waals surface area contributed by atoms with Crippen molar-refractivity contribution in [2.75, 3.05) is 55.5 Å². The predicted octanol–water partition coefficient (Wildman–Crippen LogP) is 4.49. The number of benzene rings is 1. The van der Waals surface area contributed by atoms with Crippen molar-refractivity contribution in [2.24, 2.45) is 0 Å². The number of anilines is 4. The Morgan fingerprint density at radius 3 is 2.43 bits per heavy atom. The minimum absolute atomic E-state index is 0.591. The van der Waals surface area contributed by atoms with E-state index >= 15 is 0 Å². The molecule has 194 valence electrons. The number of ether oxygens (including phenoxy) is 1. The zero-order valence-corrected chi connectivity index (χ0v) is 22.1. The maximum atomic E-state index is 5.45. The van der Waals surface area contributed by atoms with E-state index in [9.17, 15) is 0 Å². The molecule has 2 bridgehead atoms. The Hall–Kier alpha value is -3.23. The summed E-state index contributed by atoms with van der Waals surface area (Å²) >= 11 is 0. The summed E-state index contributed by atoms with van der Waals surface area (Å²) in [5, 5.41) is 3.42. The van der Waals surface area contributed by atoms with Gasteiger partial charge in [0.15, 0.2) is 0 Å². The molecule has 6 rings (SSSR count). The lowest BCUT2D eigenvalue weighted by atomic mass is 9.95. The van der Waals surface area contributed by atoms with Gasteiger partial charge in [-0.2, -0.15) is 0 Å². The van der Waals surface area contributed by atoms with Gasteiger partial charge in [0, 0.05) is 60.5 Å². The van der Waals surface area contributed by atoms with Gasteiger partial charge < -0.3 is 24.8 Å². The van der Waals surface area contributed by atoms with Crippen molar-refractivity contribution in [1.82, 2.24) is 19.9 Å². The van der Waals surface area contributed by atoms with Gasteiger partial charge in [-0.1, -0.05) is 0 Å². The molecule has 3 aromatic rings. The minimum Gasteiger partial charge on any atom is -0.378 e. The summed E-state index contributed by atoms with van der Waals surface area (Å²) in [6.07, 6.45) is 8.81. The van der Waals surface area contributed by atoms with Crippen LogP contribution in [0.15, 0.2) is 48.8 Å². The van der Waals surface area contributed by atoms with Gasteiger partial charge in [0.25, 0.3) is 0 Å². The van der Waals surface area contributed by atoms with Crippen LogP contribution in [0.2, 0.25) is 0 Å². The van der Waals surface area contributed by atoms with Crippen LogP contribution < -0.4 is 15.1 Å². The summed E-state index contributed by atoms with van der Waals surface area (Å²) in [7, 11) is 4.44. The van der Waals surface area contributed by atoms with Gasteiger partial charge in [0.2, 0.25) is 5.95 Å². The van der Waals surface area contributed by atoms with Crippen LogP contribution in [0.4, 0.5) is 23.1 Å². The van der Waals surface area contributed by atoms with E-state index in [0.717, 1.165) is 49.1 Å². The van der Waals surface area contributed by atoms with Crippen LogP contribution in [-0.2, 0) is 4.74 Å². The van der Waals surface area contributed by atoms with E-state index in [-0.39, 0.29) is 0 Å². The number of rotatable bonds is 6. The molecule has 3 fully saturated rings. The van der Waals surface area contributed by atoms with Crippen molar-refractivity contribution in [2.45, 2.75) is 50.7 Å². The molecule has 2 aromatic heterocycles. The normalized spacial score (nSPS) is 23.5. The summed E-state index contributed by atoms with van der Waals surface area (Å²) in [5.41, 5.74) is 5.51. The maximum Gasteiger partial charge on any atom is 0.227 e. The molecular weight excluding hydrogens is 462 g/mol. The molecule has 1 aromatic carbocycles. The van der Waals surface area contributed by atoms with Crippen LogP contribution in [0.5, 0.6) is 0 Å². The van der Waals surface area contributed by atoms with Gasteiger partial charge in [-0.3, -0.25) is 0 Å². The van der Waals surface area contributed by atoms with Crippen molar-refractivity contribution < 1.29 is 4.74 Å². The molecule has 0 radical (unpaired) electrons. The molecule has 3 aliphatic rings. The quantitative estimate of drug-likeness (QED) is 0.532. The van der Waals surface area contributed by atoms with E-state index in [1.165, 1.54) is 36.9 Å². The van der Waals surface area contributed by atoms with Crippen molar-refractivity contribution in [3.63, 3.8) is 0 Å². The molecule has 8 heteroatoms. The topological polar surface area (TPSA) is 69.6 Å². The van der Waals surface area contributed by atoms with Gasteiger partial charge in [-0.05, 0) is 88.7 Å². The number of aromatic nitrogens is 3. The summed E-state index contributed by atoms with van der Waals surface area (Å²) < 4.78 is 5.45. The largest absolute Gasteiger partial charge is 0.378 e. The predicted molar refractivity (Wildman–Crippen MR) is 149 cm³/mol. The van der Waals surface area contributed by atoms with E-state index < -0.39 is 0 Å². The lowest BCUT2D eigenvalue weighted by Crippen LogP contribution is -2.49. The Balaban J connectivity index is 1.15. The van der Waals surface area contributed by atoms with Crippen LogP contribution in [0.3, 0.4) is 0 Å². The molecule has 8 nitrogen and oxygen atoms in total. The third kappa shape index (κ3) is 5.00. The van der Waals surface area contributed by atoms with Gasteiger partial charge in [0.05, 0.1) is 18.9 Å². The fourth-order valence-electron chi connectivity index (χ4n) is 6.21. The number of piperidine rings is 1. The Morgan fingerprint density at radius 2 is 1.76 bits per heavy atom. The van der Waals surface area contributed by atoms with Crippen LogP contribution in [-0.4, -0.2) is 78.4 Å². The smallest absolute Gasteiger partial charge is 0.227 e. The standard InChI is InChI=1S/C29H37N7O/c1-20-16-22(5-8-27(20)36-23-6-7-24(36)18-25(17-23)34(2)3)32-29-30-11-10-26(33-29)21-4-9-28(31-19-21)35-12-14-37-15-13-35/h4-5,8-11,16,19,23-25H,6-7,12-15,17-18H2,1-3H3,(H,30,32,33). The SMILES string of the molecule is Cc1cc(Nc2nccc(-c3ccc(N4CCOCC4)nc3)n2)ccc1N1C2CCC1CC(N(C)C)C2. The van der Waals surface area contributed by atoms with Gasteiger partial charge in [0.1, 0.15) is 5.82 Å². The molecular formula is C29H37N7O. The van der Waals surface area contributed by atoms with E-state index in [2.05, 4.69) is 81.3 Å². The molecule has 5 heterocycles. The average molecular weight is 500 g/mol. The molecule has 2 atom stereocenters. The lowest BCUT2D eigenvalue weighted by Gasteiger charge is -2.43. The number of nitrogens with one attached hydrogen (secondary N) is 1. The number of pyridine rings is 1. The molecule has 0 aliphatic carbocycles. The highest BCUT2D eigenvalue weighted by molar-refractivity contribution is 5.66. The van der Waals surface area contributed by atoms with Crippen molar-refractivity contribution in [3.05, 3.63) is 54.4 Å². The third-order valence-corrected chi connectivity index (χ3v) is 8.20. The lowest BCUT2D eigenvalue weighted by molar-refractivity contribution is 0.122. The number of fused-ring (bicyclic) bond motifs is 2. The highest BCUT2D eigenvalue weighted by Crippen LogP contribution is 2.42. The Kier molecular flexibility index (Phi) is 6.69. The number of morpholine rings is 1. The molecule has 3 aliphatic heterocycles. The molecule has 0 saturated carbocycles. The number of hydrogen-bond donors (Lipinski definition) is 1. The van der Waals surface area contributed by atoms with E-state index in [0.29, 0.717) is 24.1 Å². The van der Waals surface area contributed by atoms with E-state index in [1.54, 1.807) is 6.20 Å². The van der Waals surface area contributed by atoms with Crippen LogP contribution in [0.25, 0.3) is 11.3 Å². The average Bonchev–Trinajstić information content (AvgIpc) is 3.17. The molecule has 0 amide bonds. The van der Waals surface area contributed by atoms with Crippen molar-refractivity contribution in [3.8, 4) is 11.3 Å². The number of hydrogen-bond acceptors (Lipinski definition) is 8. The first-order chi connectivity index (χ1) is 18.0. The zero-order valence-electron chi connectivity index (χ0n) is 22.1. The number of aryl methyl sites for hydroxylation is 1. The maximum absolute atomic E-state index is 5.45. The van der Waals surface area contributed by atoms with Gasteiger partial charge in [-0.15, -0.1) is 0 Å². The van der Waals surface area contributed by atoms with Crippen molar-refractivity contribution in [1.29, 1.82) is 0 Å². The second-order valence-electron chi connectivity index (χ2n) is 10.8. The summed E-state index contributed by atoms with van der Waals surface area (Å²) in [6.45, 7) is 5.47. The highest BCUT2D eigenvalue weighted by Gasteiger charge is 2.41. The van der Waals surface area contributed by atoms with Gasteiger partial charge in [-0.25, -0.2) is 15.0 Å². The number of nitrogens with zero attached hydrogens (tertiary/aromatic N) is 6. The Morgan fingerprint density at radius 1 is 0.973 bits per heavy atom. The van der Waals surface area contributed by atoms with Crippen LogP contribution >= 0.6 is 0 Å². The fraction of sp³-hybridized carbons (Fsp3) is 0.483. The second kappa shape index (κ2) is 10.3. The highest BCUT2D eigenvalue weighted by atomic mass is 16.5. The van der Waals surface area contributed by atoms with E-state index in [4.69, 9.17) is 9.72 Å². The Bertz CT molecular complexity index is 1210. The van der Waals surface area contributed by atoms with Crippen molar-refractivity contribution >= 4 is 23.1 Å². The first-order valence-corrected chi connectivity index (χ1v) is 13.5. The molecule has 0 spiro atoms. The summed E-state index contributed by atoms with van der Waals surface area (Å²) in [4.78, 5) is 21.3. The monoisotopic (exact) mass is 499 g/mol. The van der Waals surface area contributed by atoms with Crippen LogP contribution in [0, 0.1) is 6.92 Å². The first kappa shape index (κ1) is 24.1. The zero-order chi connectivity index (χ0) is 25.4. The second-order valence-corrected chi connectivity index (χ2v) is 10.8. The fourth-order valence-corrected chi connectivity index (χ4v) is 6.21. The molecule has 2 unspecified atom stereocenters.